The summed E-state index contributed by atoms with van der Waals surface area (Å²) in [5, 5.41) is 0. The predicted octanol–water partition coefficient (Wildman–Crippen LogP) is 0.155. The maximum Gasteiger partial charge on any atom is 1.00 e. The molecule has 0 aliphatic heterocycles. The van der Waals surface area contributed by atoms with E-state index in [0.29, 0.717) is 0 Å². The molecule has 1 nitrogen and oxygen atoms in total. The molecule has 0 radical (unpaired) electrons. The average molecular weight is 177 g/mol. The van der Waals surface area contributed by atoms with Gasteiger partial charge >= 0.3 is 51.4 Å². The average Bonchev–Trinajstić information content (AvgIpc) is 1.86. The normalized spacial score (nSPS) is 29.2. The second-order valence-corrected chi connectivity index (χ2v) is 4.13. The third-order valence-corrected chi connectivity index (χ3v) is 3.46. The molecule has 2 fully saturated rings. The fourth-order valence-electron chi connectivity index (χ4n) is 2.41. The molecule has 2 aliphatic carbocycles. The molecular weight excluding hydrogens is 161 g/mol. The summed E-state index contributed by atoms with van der Waals surface area (Å²) in [6.45, 7) is 0. The van der Waals surface area contributed by atoms with Crippen LogP contribution in [-0.4, -0.2) is 6.04 Å². The van der Waals surface area contributed by atoms with Gasteiger partial charge in [0.25, 0.3) is 0 Å². The SMILES string of the molecule is [K+].[NH-]C1CCC2(CCC2)CC1. The van der Waals surface area contributed by atoms with E-state index in [4.69, 9.17) is 5.73 Å². The smallest absolute Gasteiger partial charge is 0.675 e. The Morgan fingerprint density at radius 3 is 1.91 bits per heavy atom. The predicted molar refractivity (Wildman–Crippen MR) is 42.9 cm³/mol. The molecule has 0 aromatic rings. The summed E-state index contributed by atoms with van der Waals surface area (Å²) in [6, 6.07) is 0.284. The molecule has 0 atom stereocenters. The van der Waals surface area contributed by atoms with Crippen molar-refractivity contribution < 1.29 is 51.4 Å². The quantitative estimate of drug-likeness (QED) is 0.471. The van der Waals surface area contributed by atoms with E-state index >= 15 is 0 Å². The Hall–Kier alpha value is 1.60. The molecule has 2 aliphatic rings. The summed E-state index contributed by atoms with van der Waals surface area (Å²) in [7, 11) is 0. The maximum atomic E-state index is 7.55. The summed E-state index contributed by atoms with van der Waals surface area (Å²) >= 11 is 0. The Labute approximate surface area is 112 Å². The van der Waals surface area contributed by atoms with Crippen molar-refractivity contribution in [1.29, 1.82) is 0 Å². The van der Waals surface area contributed by atoms with Crippen molar-refractivity contribution in [3.8, 4) is 0 Å². The molecule has 0 aromatic carbocycles. The van der Waals surface area contributed by atoms with Gasteiger partial charge in [0, 0.05) is 0 Å². The third-order valence-electron chi connectivity index (χ3n) is 3.46. The van der Waals surface area contributed by atoms with Gasteiger partial charge in [-0.3, -0.25) is 0 Å². The van der Waals surface area contributed by atoms with Crippen molar-refractivity contribution >= 4 is 0 Å². The molecule has 0 saturated heterocycles. The number of rotatable bonds is 0. The fraction of sp³-hybridized carbons (Fsp3) is 1.00. The number of nitrogens with one attached hydrogen (secondary N) is 1. The fourth-order valence-corrected chi connectivity index (χ4v) is 2.41. The van der Waals surface area contributed by atoms with Crippen molar-refractivity contribution in [1.82, 2.24) is 0 Å². The third kappa shape index (κ3) is 2.29. The summed E-state index contributed by atoms with van der Waals surface area (Å²) in [5.41, 5.74) is 8.31. The molecule has 0 amide bonds. The summed E-state index contributed by atoms with van der Waals surface area (Å²) in [6.07, 6.45) is 9.49. The minimum Gasteiger partial charge on any atom is -0.675 e. The number of hydrogen-bond donors (Lipinski definition) is 0. The van der Waals surface area contributed by atoms with E-state index in [1.807, 2.05) is 0 Å². The van der Waals surface area contributed by atoms with E-state index in [-0.39, 0.29) is 57.4 Å². The summed E-state index contributed by atoms with van der Waals surface area (Å²) in [5.74, 6) is 0. The molecule has 0 bridgehead atoms. The monoisotopic (exact) mass is 177 g/mol. The molecule has 1 N–H and O–H groups in total. The molecule has 11 heavy (non-hydrogen) atoms. The molecule has 0 unspecified atom stereocenters. The molecule has 2 heteroatoms. The van der Waals surface area contributed by atoms with Gasteiger partial charge in [-0.05, 0) is 31.1 Å². The van der Waals surface area contributed by atoms with Gasteiger partial charge in [-0.2, -0.15) is 0 Å². The van der Waals surface area contributed by atoms with Crippen LogP contribution >= 0.6 is 0 Å². The van der Waals surface area contributed by atoms with E-state index in [9.17, 15) is 0 Å². The Kier molecular flexibility index (Phi) is 4.08. The van der Waals surface area contributed by atoms with Crippen LogP contribution in [-0.2, 0) is 0 Å². The second-order valence-electron chi connectivity index (χ2n) is 4.13. The van der Waals surface area contributed by atoms with Crippen LogP contribution in [0.15, 0.2) is 0 Å². The summed E-state index contributed by atoms with van der Waals surface area (Å²) in [4.78, 5) is 0. The van der Waals surface area contributed by atoms with Gasteiger partial charge in [-0.25, -0.2) is 0 Å². The van der Waals surface area contributed by atoms with Crippen molar-refractivity contribution in [3.63, 3.8) is 0 Å². The molecule has 2 saturated carbocycles. The van der Waals surface area contributed by atoms with Crippen LogP contribution in [0, 0.1) is 5.41 Å². The maximum absolute atomic E-state index is 7.55. The van der Waals surface area contributed by atoms with Crippen LogP contribution in [0.5, 0.6) is 0 Å². The first-order chi connectivity index (χ1) is 4.81. The molecule has 2 rings (SSSR count). The first kappa shape index (κ1) is 10.7. The zero-order valence-electron chi connectivity index (χ0n) is 7.53. The van der Waals surface area contributed by atoms with E-state index in [1.165, 1.54) is 44.9 Å². The largest absolute Gasteiger partial charge is 1.00 e. The topological polar surface area (TPSA) is 23.8 Å². The minimum atomic E-state index is 0. The zero-order chi connectivity index (χ0) is 7.03. The van der Waals surface area contributed by atoms with Gasteiger partial charge in [0.1, 0.15) is 0 Å². The van der Waals surface area contributed by atoms with Gasteiger partial charge in [-0.15, -0.1) is 6.04 Å². The second kappa shape index (κ2) is 4.21. The number of hydrogen-bond acceptors (Lipinski definition) is 0. The Morgan fingerprint density at radius 2 is 1.55 bits per heavy atom. The molecule has 58 valence electrons. The van der Waals surface area contributed by atoms with Gasteiger partial charge in [0.2, 0.25) is 0 Å². The standard InChI is InChI=1S/C9H16N.K/c10-8-2-6-9(7-3-8)4-1-5-9;/h8,10H,1-7H2;/q-1;+1. The van der Waals surface area contributed by atoms with Crippen LogP contribution in [0.2, 0.25) is 0 Å². The van der Waals surface area contributed by atoms with E-state index in [2.05, 4.69) is 0 Å². The van der Waals surface area contributed by atoms with Crippen LogP contribution in [0.1, 0.15) is 44.9 Å². The van der Waals surface area contributed by atoms with Gasteiger partial charge < -0.3 is 5.73 Å². The Bertz CT molecular complexity index is 122. The van der Waals surface area contributed by atoms with Gasteiger partial charge in [-0.1, -0.05) is 19.3 Å². The van der Waals surface area contributed by atoms with Crippen LogP contribution < -0.4 is 51.4 Å². The molecule has 0 heterocycles. The van der Waals surface area contributed by atoms with Gasteiger partial charge in [0.05, 0.1) is 0 Å². The molecular formula is C9H16KN. The van der Waals surface area contributed by atoms with Crippen LogP contribution in [0.25, 0.3) is 5.73 Å². The zero-order valence-corrected chi connectivity index (χ0v) is 10.7. The van der Waals surface area contributed by atoms with Crippen molar-refractivity contribution in [2.45, 2.75) is 51.0 Å². The molecule has 0 aromatic heterocycles. The first-order valence-corrected chi connectivity index (χ1v) is 4.52. The molecule has 1 spiro atoms. The summed E-state index contributed by atoms with van der Waals surface area (Å²) < 4.78 is 0. The van der Waals surface area contributed by atoms with E-state index < -0.39 is 0 Å². The van der Waals surface area contributed by atoms with Crippen LogP contribution in [0.4, 0.5) is 0 Å². The Morgan fingerprint density at radius 1 is 1.00 bits per heavy atom. The minimum absolute atomic E-state index is 0. The van der Waals surface area contributed by atoms with E-state index in [1.54, 1.807) is 0 Å². The first-order valence-electron chi connectivity index (χ1n) is 4.52. The van der Waals surface area contributed by atoms with Crippen molar-refractivity contribution in [3.05, 3.63) is 5.73 Å². The van der Waals surface area contributed by atoms with Crippen LogP contribution in [0.3, 0.4) is 0 Å². The van der Waals surface area contributed by atoms with Crippen molar-refractivity contribution in [2.75, 3.05) is 0 Å². The van der Waals surface area contributed by atoms with E-state index in [0.717, 1.165) is 5.41 Å². The van der Waals surface area contributed by atoms with Gasteiger partial charge in [0.15, 0.2) is 0 Å². The van der Waals surface area contributed by atoms with Crippen molar-refractivity contribution in [2.24, 2.45) is 5.41 Å². The Balaban J connectivity index is 0.000000605.